The summed E-state index contributed by atoms with van der Waals surface area (Å²) < 4.78 is 1.85. The highest BCUT2D eigenvalue weighted by molar-refractivity contribution is 5.97. The van der Waals surface area contributed by atoms with Crippen LogP contribution in [0.1, 0.15) is 29.6 Å². The van der Waals surface area contributed by atoms with Crippen molar-refractivity contribution in [3.8, 4) is 0 Å². The van der Waals surface area contributed by atoms with E-state index in [1.807, 2.05) is 33.7 Å². The van der Waals surface area contributed by atoms with Crippen molar-refractivity contribution in [1.82, 2.24) is 14.3 Å². The molecule has 1 saturated heterocycles. The lowest BCUT2D eigenvalue weighted by Gasteiger charge is -2.26. The maximum atomic E-state index is 12.6. The summed E-state index contributed by atoms with van der Waals surface area (Å²) in [5, 5.41) is 0. The molecule has 1 amide bonds. The van der Waals surface area contributed by atoms with Crippen LogP contribution in [0.4, 0.5) is 0 Å². The molecule has 112 valence electrons. The van der Waals surface area contributed by atoms with Gasteiger partial charge in [-0.25, -0.2) is 0 Å². The van der Waals surface area contributed by atoms with E-state index >= 15 is 0 Å². The lowest BCUT2D eigenvalue weighted by molar-refractivity contribution is 0.0724. The molecular weight excluding hydrogens is 278 g/mol. The first kappa shape index (κ1) is 13.1. The van der Waals surface area contributed by atoms with Crippen LogP contribution in [0.3, 0.4) is 0 Å². The summed E-state index contributed by atoms with van der Waals surface area (Å²) in [6.07, 6.45) is 5.19. The third-order valence-electron chi connectivity index (χ3n) is 4.38. The Hall–Kier alpha value is -2.56. The quantitative estimate of drug-likeness (QED) is 0.749. The van der Waals surface area contributed by atoms with E-state index in [-0.39, 0.29) is 11.5 Å². The molecule has 5 heteroatoms. The van der Waals surface area contributed by atoms with Crippen molar-refractivity contribution in [2.24, 2.45) is 0 Å². The van der Waals surface area contributed by atoms with E-state index in [9.17, 15) is 9.59 Å². The number of piperidine rings is 1. The average molecular weight is 295 g/mol. The molecule has 0 radical (unpaired) electrons. The zero-order valence-corrected chi connectivity index (χ0v) is 12.2. The molecule has 2 aromatic heterocycles. The molecule has 1 aliphatic rings. The summed E-state index contributed by atoms with van der Waals surface area (Å²) in [6, 6.07) is 9.15. The molecule has 5 nitrogen and oxygen atoms in total. The Bertz CT molecular complexity index is 916. The van der Waals surface area contributed by atoms with E-state index < -0.39 is 0 Å². The van der Waals surface area contributed by atoms with E-state index in [1.165, 1.54) is 6.42 Å². The summed E-state index contributed by atoms with van der Waals surface area (Å²) in [5.41, 5.74) is 2.70. The first-order valence-corrected chi connectivity index (χ1v) is 7.66. The highest BCUT2D eigenvalue weighted by Gasteiger charge is 2.18. The number of aromatic nitrogens is 2. The molecular formula is C17H17N3O2. The fourth-order valence-corrected chi connectivity index (χ4v) is 3.22. The van der Waals surface area contributed by atoms with Crippen molar-refractivity contribution in [2.45, 2.75) is 19.3 Å². The van der Waals surface area contributed by atoms with Gasteiger partial charge in [-0.3, -0.25) is 9.59 Å². The first-order chi connectivity index (χ1) is 10.7. The van der Waals surface area contributed by atoms with Crippen LogP contribution in [-0.4, -0.2) is 33.3 Å². The number of rotatable bonds is 1. The highest BCUT2D eigenvalue weighted by Crippen LogP contribution is 2.18. The Morgan fingerprint density at radius 2 is 1.86 bits per heavy atom. The summed E-state index contributed by atoms with van der Waals surface area (Å²) in [5.74, 6) is 0.0510. The van der Waals surface area contributed by atoms with Gasteiger partial charge in [-0.15, -0.1) is 0 Å². The highest BCUT2D eigenvalue weighted by atomic mass is 16.2. The van der Waals surface area contributed by atoms with Gasteiger partial charge in [0.05, 0.1) is 11.0 Å². The number of nitrogens with one attached hydrogen (secondary N) is 1. The maximum absolute atomic E-state index is 12.6. The van der Waals surface area contributed by atoms with Gasteiger partial charge in [-0.05, 0) is 49.6 Å². The van der Waals surface area contributed by atoms with Crippen molar-refractivity contribution in [2.75, 3.05) is 13.1 Å². The van der Waals surface area contributed by atoms with Crippen molar-refractivity contribution in [1.29, 1.82) is 0 Å². The van der Waals surface area contributed by atoms with Gasteiger partial charge in [0.1, 0.15) is 5.52 Å². The number of likely N-dealkylation sites (tertiary alicyclic amines) is 1. The smallest absolute Gasteiger partial charge is 0.272 e. The minimum absolute atomic E-state index is 0.0510. The number of H-pyrrole nitrogens is 1. The molecule has 22 heavy (non-hydrogen) atoms. The molecule has 0 unspecified atom stereocenters. The Balaban J connectivity index is 1.81. The van der Waals surface area contributed by atoms with Crippen LogP contribution in [0.15, 0.2) is 41.3 Å². The lowest BCUT2D eigenvalue weighted by Crippen LogP contribution is -2.35. The van der Waals surface area contributed by atoms with Gasteiger partial charge in [0, 0.05) is 24.8 Å². The molecule has 1 aliphatic heterocycles. The summed E-state index contributed by atoms with van der Waals surface area (Å²) >= 11 is 0. The van der Waals surface area contributed by atoms with Gasteiger partial charge in [0.15, 0.2) is 0 Å². The molecule has 1 aromatic carbocycles. The molecule has 3 aromatic rings. The first-order valence-electron chi connectivity index (χ1n) is 7.66. The SMILES string of the molecule is O=C(c1ccc2c(c1)[nH]c(=O)c1cccn12)N1CCCCC1. The van der Waals surface area contributed by atoms with Crippen LogP contribution in [0, 0.1) is 0 Å². The number of nitrogens with zero attached hydrogens (tertiary/aromatic N) is 2. The van der Waals surface area contributed by atoms with Crippen molar-refractivity contribution >= 4 is 22.5 Å². The maximum Gasteiger partial charge on any atom is 0.272 e. The number of fused-ring (bicyclic) bond motifs is 3. The fraction of sp³-hybridized carbons (Fsp3) is 0.294. The molecule has 0 atom stereocenters. The zero-order valence-electron chi connectivity index (χ0n) is 12.2. The van der Waals surface area contributed by atoms with Gasteiger partial charge in [0.2, 0.25) is 0 Å². The largest absolute Gasteiger partial charge is 0.339 e. The minimum Gasteiger partial charge on any atom is -0.339 e. The number of carbonyl (C=O) groups is 1. The minimum atomic E-state index is -0.139. The monoisotopic (exact) mass is 295 g/mol. The number of amides is 1. The Kier molecular flexibility index (Phi) is 2.99. The normalized spacial score (nSPS) is 15.5. The second-order valence-electron chi connectivity index (χ2n) is 5.80. The van der Waals surface area contributed by atoms with Gasteiger partial charge < -0.3 is 14.3 Å². The predicted molar refractivity (Wildman–Crippen MR) is 85.3 cm³/mol. The molecule has 1 fully saturated rings. The summed E-state index contributed by atoms with van der Waals surface area (Å²) in [6.45, 7) is 1.65. The third-order valence-corrected chi connectivity index (χ3v) is 4.38. The number of hydrogen-bond donors (Lipinski definition) is 1. The van der Waals surface area contributed by atoms with Crippen LogP contribution in [0.2, 0.25) is 0 Å². The second-order valence-corrected chi connectivity index (χ2v) is 5.80. The average Bonchev–Trinajstić information content (AvgIpc) is 3.05. The topological polar surface area (TPSA) is 57.6 Å². The van der Waals surface area contributed by atoms with Crippen molar-refractivity contribution < 1.29 is 4.79 Å². The van der Waals surface area contributed by atoms with Crippen LogP contribution in [0.25, 0.3) is 16.6 Å². The number of aromatic amines is 1. The fourth-order valence-electron chi connectivity index (χ4n) is 3.22. The summed E-state index contributed by atoms with van der Waals surface area (Å²) in [4.78, 5) is 29.4. The summed E-state index contributed by atoms with van der Waals surface area (Å²) in [7, 11) is 0. The van der Waals surface area contributed by atoms with Gasteiger partial charge in [-0.1, -0.05) is 0 Å². The van der Waals surface area contributed by atoms with Crippen LogP contribution in [0.5, 0.6) is 0 Å². The molecule has 0 aliphatic carbocycles. The number of benzene rings is 1. The zero-order chi connectivity index (χ0) is 15.1. The van der Waals surface area contributed by atoms with E-state index in [2.05, 4.69) is 4.98 Å². The van der Waals surface area contributed by atoms with E-state index in [0.29, 0.717) is 16.6 Å². The van der Waals surface area contributed by atoms with Gasteiger partial charge in [-0.2, -0.15) is 0 Å². The van der Waals surface area contributed by atoms with Crippen LogP contribution in [-0.2, 0) is 0 Å². The third kappa shape index (κ3) is 2.01. The van der Waals surface area contributed by atoms with Gasteiger partial charge >= 0.3 is 0 Å². The van der Waals surface area contributed by atoms with E-state index in [0.717, 1.165) is 31.4 Å². The molecule has 0 spiro atoms. The Labute approximate surface area is 127 Å². The van der Waals surface area contributed by atoms with Crippen LogP contribution >= 0.6 is 0 Å². The van der Waals surface area contributed by atoms with Crippen LogP contribution < -0.4 is 5.56 Å². The molecule has 1 N–H and O–H groups in total. The molecule has 0 saturated carbocycles. The van der Waals surface area contributed by atoms with Crippen molar-refractivity contribution in [3.05, 3.63) is 52.4 Å². The van der Waals surface area contributed by atoms with Gasteiger partial charge in [0.25, 0.3) is 11.5 Å². The molecule has 0 bridgehead atoms. The lowest BCUT2D eigenvalue weighted by atomic mass is 10.1. The van der Waals surface area contributed by atoms with E-state index in [1.54, 1.807) is 12.1 Å². The van der Waals surface area contributed by atoms with E-state index in [4.69, 9.17) is 0 Å². The number of hydrogen-bond acceptors (Lipinski definition) is 2. The molecule has 4 rings (SSSR count). The Morgan fingerprint density at radius 3 is 2.68 bits per heavy atom. The molecule has 3 heterocycles. The second kappa shape index (κ2) is 5.02. The number of carbonyl (C=O) groups excluding carboxylic acids is 1. The predicted octanol–water partition coefficient (Wildman–Crippen LogP) is 2.41. The standard InChI is InChI=1S/C17H17N3O2/c21-16-15-5-4-10-20(15)14-7-6-12(11-13(14)18-16)17(22)19-8-2-1-3-9-19/h4-7,10-11H,1-3,8-9H2,(H,18,21). The van der Waals surface area contributed by atoms with Crippen molar-refractivity contribution in [3.63, 3.8) is 0 Å². The Morgan fingerprint density at radius 1 is 1.05 bits per heavy atom.